The molecule has 1 N–H and O–H groups in total. The number of benzene rings is 1. The van der Waals surface area contributed by atoms with Crippen molar-refractivity contribution in [3.05, 3.63) is 64.4 Å². The van der Waals surface area contributed by atoms with E-state index in [1.807, 2.05) is 18.3 Å². The fourth-order valence-electron chi connectivity index (χ4n) is 3.13. The second kappa shape index (κ2) is 6.59. The monoisotopic (exact) mass is 301 g/mol. The van der Waals surface area contributed by atoms with Crippen molar-refractivity contribution in [1.82, 2.24) is 4.98 Å². The zero-order valence-corrected chi connectivity index (χ0v) is 12.8. The Morgan fingerprint density at radius 3 is 2.38 bits per heavy atom. The summed E-state index contributed by atoms with van der Waals surface area (Å²) in [5.74, 6) is 0.310. The highest BCUT2D eigenvalue weighted by Gasteiger charge is 2.24. The Morgan fingerprint density at radius 2 is 1.71 bits per heavy atom. The zero-order valence-electron chi connectivity index (χ0n) is 12.0. The molecule has 3 rings (SSSR count). The predicted octanol–water partition coefficient (Wildman–Crippen LogP) is 4.34. The third-order valence-corrected chi connectivity index (χ3v) is 4.56. The lowest BCUT2D eigenvalue weighted by Gasteiger charge is -2.28. The lowest BCUT2D eigenvalue weighted by molar-refractivity contribution is 0.106. The molecule has 1 aliphatic carbocycles. The Hall–Kier alpha value is -1.38. The van der Waals surface area contributed by atoms with Gasteiger partial charge in [0.05, 0.1) is 6.10 Å². The van der Waals surface area contributed by atoms with Gasteiger partial charge in [0.2, 0.25) is 0 Å². The molecule has 2 aromatic rings. The smallest absolute Gasteiger partial charge is 0.129 e. The first-order valence-electron chi connectivity index (χ1n) is 7.60. The van der Waals surface area contributed by atoms with Crippen molar-refractivity contribution in [2.75, 3.05) is 0 Å². The summed E-state index contributed by atoms with van der Waals surface area (Å²) in [5.41, 5.74) is 3.68. The van der Waals surface area contributed by atoms with Crippen LogP contribution in [0, 0.1) is 0 Å². The van der Waals surface area contributed by atoms with E-state index in [1.165, 1.54) is 17.5 Å². The molecule has 0 spiro atoms. The van der Waals surface area contributed by atoms with Crippen LogP contribution in [0.5, 0.6) is 0 Å². The van der Waals surface area contributed by atoms with Gasteiger partial charge in [-0.2, -0.15) is 0 Å². The number of halogens is 1. The minimum absolute atomic E-state index is 0.176. The molecular weight excluding hydrogens is 282 g/mol. The predicted molar refractivity (Wildman–Crippen MR) is 85.7 cm³/mol. The van der Waals surface area contributed by atoms with Gasteiger partial charge in [0.25, 0.3) is 0 Å². The van der Waals surface area contributed by atoms with Crippen LogP contribution in [-0.4, -0.2) is 16.2 Å². The van der Waals surface area contributed by atoms with E-state index in [4.69, 9.17) is 11.6 Å². The average molecular weight is 302 g/mol. The third kappa shape index (κ3) is 3.63. The van der Waals surface area contributed by atoms with Crippen LogP contribution in [0.25, 0.3) is 0 Å². The van der Waals surface area contributed by atoms with Gasteiger partial charge >= 0.3 is 0 Å². The SMILES string of the molecule is OC1CCCCC1c1ccc(Cc2ccc(Cl)nc2)cc1. The summed E-state index contributed by atoms with van der Waals surface area (Å²) in [6.07, 6.45) is 6.91. The van der Waals surface area contributed by atoms with Gasteiger partial charge in [0.15, 0.2) is 0 Å². The molecule has 1 aromatic carbocycles. The van der Waals surface area contributed by atoms with Gasteiger partial charge in [0.1, 0.15) is 5.15 Å². The molecule has 0 amide bonds. The fraction of sp³-hybridized carbons (Fsp3) is 0.389. The minimum atomic E-state index is -0.176. The van der Waals surface area contributed by atoms with E-state index in [-0.39, 0.29) is 6.10 Å². The number of rotatable bonds is 3. The van der Waals surface area contributed by atoms with E-state index in [9.17, 15) is 5.11 Å². The van der Waals surface area contributed by atoms with Crippen LogP contribution in [0.3, 0.4) is 0 Å². The zero-order chi connectivity index (χ0) is 14.7. The molecule has 110 valence electrons. The van der Waals surface area contributed by atoms with Crippen molar-refractivity contribution in [3.8, 4) is 0 Å². The molecule has 2 atom stereocenters. The Labute approximate surface area is 130 Å². The van der Waals surface area contributed by atoms with Crippen molar-refractivity contribution in [2.24, 2.45) is 0 Å². The summed E-state index contributed by atoms with van der Waals surface area (Å²) in [6.45, 7) is 0. The maximum Gasteiger partial charge on any atom is 0.129 e. The maximum atomic E-state index is 10.1. The van der Waals surface area contributed by atoms with Gasteiger partial charge in [0, 0.05) is 12.1 Å². The summed E-state index contributed by atoms with van der Waals surface area (Å²) in [4.78, 5) is 4.11. The average Bonchev–Trinajstić information content (AvgIpc) is 2.51. The number of hydrogen-bond donors (Lipinski definition) is 1. The normalized spacial score (nSPS) is 22.2. The van der Waals surface area contributed by atoms with E-state index in [0.29, 0.717) is 11.1 Å². The Bertz CT molecular complexity index is 579. The molecule has 2 nitrogen and oxygen atoms in total. The number of aliphatic hydroxyl groups excluding tert-OH is 1. The van der Waals surface area contributed by atoms with Gasteiger partial charge in [-0.15, -0.1) is 0 Å². The largest absolute Gasteiger partial charge is 0.392 e. The van der Waals surface area contributed by atoms with Gasteiger partial charge < -0.3 is 5.11 Å². The standard InChI is InChI=1S/C18H20ClNO/c19-18-10-7-14(12-20-18)11-13-5-8-15(9-6-13)16-3-1-2-4-17(16)21/h5-10,12,16-17,21H,1-4,11H2. The Kier molecular flexibility index (Phi) is 4.57. The molecule has 0 saturated heterocycles. The van der Waals surface area contributed by atoms with E-state index in [0.717, 1.165) is 31.2 Å². The molecule has 1 aliphatic rings. The Balaban J connectivity index is 1.70. The minimum Gasteiger partial charge on any atom is -0.392 e. The van der Waals surface area contributed by atoms with Gasteiger partial charge in [-0.05, 0) is 42.0 Å². The first-order valence-corrected chi connectivity index (χ1v) is 7.97. The Morgan fingerprint density at radius 1 is 1.00 bits per heavy atom. The van der Waals surface area contributed by atoms with Gasteiger partial charge in [-0.1, -0.05) is 54.8 Å². The van der Waals surface area contributed by atoms with Crippen LogP contribution in [-0.2, 0) is 6.42 Å². The van der Waals surface area contributed by atoms with Crippen LogP contribution < -0.4 is 0 Å². The molecule has 21 heavy (non-hydrogen) atoms. The van der Waals surface area contributed by atoms with Crippen LogP contribution in [0.15, 0.2) is 42.6 Å². The second-order valence-corrected chi connectivity index (χ2v) is 6.25. The van der Waals surface area contributed by atoms with Crippen molar-refractivity contribution >= 4 is 11.6 Å². The van der Waals surface area contributed by atoms with Crippen molar-refractivity contribution in [2.45, 2.75) is 44.1 Å². The molecule has 0 aliphatic heterocycles. The van der Waals surface area contributed by atoms with Gasteiger partial charge in [-0.25, -0.2) is 4.98 Å². The van der Waals surface area contributed by atoms with E-state index >= 15 is 0 Å². The quantitative estimate of drug-likeness (QED) is 0.855. The van der Waals surface area contributed by atoms with Crippen LogP contribution in [0.2, 0.25) is 5.15 Å². The molecular formula is C18H20ClNO. The second-order valence-electron chi connectivity index (χ2n) is 5.87. The lowest BCUT2D eigenvalue weighted by Crippen LogP contribution is -2.22. The molecule has 1 saturated carbocycles. The summed E-state index contributed by atoms with van der Waals surface area (Å²) in [5, 5.41) is 10.7. The number of pyridine rings is 1. The van der Waals surface area contributed by atoms with Crippen molar-refractivity contribution < 1.29 is 5.11 Å². The van der Waals surface area contributed by atoms with Crippen molar-refractivity contribution in [1.29, 1.82) is 0 Å². The molecule has 1 aromatic heterocycles. The summed E-state index contributed by atoms with van der Waals surface area (Å²) in [7, 11) is 0. The number of aliphatic hydroxyl groups is 1. The lowest BCUT2D eigenvalue weighted by atomic mass is 9.81. The summed E-state index contributed by atoms with van der Waals surface area (Å²) >= 11 is 5.80. The number of hydrogen-bond acceptors (Lipinski definition) is 2. The first kappa shape index (κ1) is 14.6. The molecule has 1 fully saturated rings. The molecule has 0 bridgehead atoms. The topological polar surface area (TPSA) is 33.1 Å². The van der Waals surface area contributed by atoms with E-state index in [2.05, 4.69) is 29.2 Å². The molecule has 1 heterocycles. The third-order valence-electron chi connectivity index (χ3n) is 4.33. The number of nitrogens with zero attached hydrogens (tertiary/aromatic N) is 1. The highest BCUT2D eigenvalue weighted by molar-refractivity contribution is 6.29. The molecule has 0 radical (unpaired) electrons. The van der Waals surface area contributed by atoms with Gasteiger partial charge in [-0.3, -0.25) is 0 Å². The maximum absolute atomic E-state index is 10.1. The summed E-state index contributed by atoms with van der Waals surface area (Å²) in [6, 6.07) is 12.5. The van der Waals surface area contributed by atoms with E-state index in [1.54, 1.807) is 0 Å². The summed E-state index contributed by atoms with van der Waals surface area (Å²) < 4.78 is 0. The first-order chi connectivity index (χ1) is 10.2. The number of aromatic nitrogens is 1. The van der Waals surface area contributed by atoms with Crippen LogP contribution >= 0.6 is 11.6 Å². The van der Waals surface area contributed by atoms with Crippen molar-refractivity contribution in [3.63, 3.8) is 0 Å². The van der Waals surface area contributed by atoms with Crippen LogP contribution in [0.1, 0.15) is 48.3 Å². The van der Waals surface area contributed by atoms with E-state index < -0.39 is 0 Å². The molecule has 2 unspecified atom stereocenters. The highest BCUT2D eigenvalue weighted by atomic mass is 35.5. The fourth-order valence-corrected chi connectivity index (χ4v) is 3.24. The van der Waals surface area contributed by atoms with Crippen LogP contribution in [0.4, 0.5) is 0 Å². The molecule has 3 heteroatoms. The highest BCUT2D eigenvalue weighted by Crippen LogP contribution is 2.33.